The largest absolute Gasteiger partial charge is 0.466 e. The number of amides is 1. The minimum Gasteiger partial charge on any atom is -0.466 e. The summed E-state index contributed by atoms with van der Waals surface area (Å²) < 4.78 is 5.00. The maximum atomic E-state index is 12.9. The highest BCUT2D eigenvalue weighted by Crippen LogP contribution is 2.26. The summed E-state index contributed by atoms with van der Waals surface area (Å²) in [5.41, 5.74) is 1.80. The number of hydrogen-bond donors (Lipinski definition) is 1. The van der Waals surface area contributed by atoms with Crippen LogP contribution in [-0.2, 0) is 14.3 Å². The van der Waals surface area contributed by atoms with Gasteiger partial charge in [-0.2, -0.15) is 0 Å². The summed E-state index contributed by atoms with van der Waals surface area (Å²) in [6.07, 6.45) is 3.77. The van der Waals surface area contributed by atoms with Gasteiger partial charge in [0.05, 0.1) is 19.1 Å². The summed E-state index contributed by atoms with van der Waals surface area (Å²) >= 11 is 1.57. The standard InChI is InChI=1S/C19H23N3O3S/c1-2-25-17(23)9-12-22(19(24)16-4-3-10-20-16)15-7-5-14(6-8-15)18-21-11-13-26-18/h5-8,11,13,16,20H,2-4,9-10,12H2,1H3/t16-/m0/s1. The van der Waals surface area contributed by atoms with Crippen molar-refractivity contribution in [1.29, 1.82) is 0 Å². The lowest BCUT2D eigenvalue weighted by Crippen LogP contribution is -2.44. The molecule has 1 aliphatic heterocycles. The van der Waals surface area contributed by atoms with Crippen molar-refractivity contribution in [3.05, 3.63) is 35.8 Å². The predicted molar refractivity (Wildman–Crippen MR) is 102 cm³/mol. The van der Waals surface area contributed by atoms with Crippen LogP contribution < -0.4 is 10.2 Å². The van der Waals surface area contributed by atoms with E-state index in [0.717, 1.165) is 35.6 Å². The lowest BCUT2D eigenvalue weighted by molar-refractivity contribution is -0.142. The second-order valence-corrected chi connectivity index (χ2v) is 6.97. The van der Waals surface area contributed by atoms with Crippen LogP contribution in [-0.4, -0.2) is 42.6 Å². The minimum absolute atomic E-state index is 0.00815. The number of benzene rings is 1. The molecule has 0 unspecified atom stereocenters. The molecule has 1 fully saturated rings. The summed E-state index contributed by atoms with van der Waals surface area (Å²) in [6, 6.07) is 7.56. The molecule has 1 aliphatic rings. The second kappa shape index (κ2) is 8.91. The second-order valence-electron chi connectivity index (χ2n) is 6.08. The molecule has 0 radical (unpaired) electrons. The normalized spacial score (nSPS) is 16.4. The number of carbonyl (C=O) groups is 2. The van der Waals surface area contributed by atoms with Crippen LogP contribution in [0.5, 0.6) is 0 Å². The maximum Gasteiger partial charge on any atom is 0.307 e. The van der Waals surface area contributed by atoms with Gasteiger partial charge < -0.3 is 15.0 Å². The van der Waals surface area contributed by atoms with E-state index < -0.39 is 0 Å². The zero-order valence-electron chi connectivity index (χ0n) is 14.8. The molecule has 26 heavy (non-hydrogen) atoms. The van der Waals surface area contributed by atoms with Gasteiger partial charge in [-0.15, -0.1) is 11.3 Å². The molecule has 1 saturated heterocycles. The van der Waals surface area contributed by atoms with Gasteiger partial charge in [-0.25, -0.2) is 4.98 Å². The van der Waals surface area contributed by atoms with Crippen molar-refractivity contribution in [1.82, 2.24) is 10.3 Å². The molecular weight excluding hydrogens is 350 g/mol. The molecule has 1 atom stereocenters. The van der Waals surface area contributed by atoms with Crippen molar-refractivity contribution in [3.8, 4) is 10.6 Å². The van der Waals surface area contributed by atoms with Gasteiger partial charge >= 0.3 is 5.97 Å². The van der Waals surface area contributed by atoms with Crippen LogP contribution in [0.3, 0.4) is 0 Å². The number of nitrogens with one attached hydrogen (secondary N) is 1. The van der Waals surface area contributed by atoms with E-state index in [4.69, 9.17) is 4.74 Å². The average molecular weight is 373 g/mol. The van der Waals surface area contributed by atoms with Crippen LogP contribution in [0.15, 0.2) is 35.8 Å². The minimum atomic E-state index is -0.288. The Kier molecular flexibility index (Phi) is 6.35. The van der Waals surface area contributed by atoms with Crippen LogP contribution in [0.4, 0.5) is 5.69 Å². The lowest BCUT2D eigenvalue weighted by Gasteiger charge is -2.25. The van der Waals surface area contributed by atoms with Gasteiger partial charge in [0, 0.05) is 29.4 Å². The third-order valence-electron chi connectivity index (χ3n) is 4.33. The summed E-state index contributed by atoms with van der Waals surface area (Å²) in [7, 11) is 0. The highest BCUT2D eigenvalue weighted by atomic mass is 32.1. The van der Waals surface area contributed by atoms with E-state index in [-0.39, 0.29) is 24.3 Å². The van der Waals surface area contributed by atoms with Gasteiger partial charge in [-0.05, 0) is 50.6 Å². The monoisotopic (exact) mass is 373 g/mol. The molecule has 1 aromatic heterocycles. The van der Waals surface area contributed by atoms with Crippen molar-refractivity contribution < 1.29 is 14.3 Å². The SMILES string of the molecule is CCOC(=O)CCN(C(=O)[C@@H]1CCCN1)c1ccc(-c2nccs2)cc1. The predicted octanol–water partition coefficient (Wildman–Crippen LogP) is 2.85. The fourth-order valence-corrected chi connectivity index (χ4v) is 3.68. The van der Waals surface area contributed by atoms with Crippen molar-refractivity contribution in [2.45, 2.75) is 32.2 Å². The van der Waals surface area contributed by atoms with Crippen molar-refractivity contribution in [3.63, 3.8) is 0 Å². The van der Waals surface area contributed by atoms with Crippen molar-refractivity contribution >= 4 is 28.9 Å². The Morgan fingerprint density at radius 3 is 2.77 bits per heavy atom. The summed E-state index contributed by atoms with van der Waals surface area (Å²) in [6.45, 7) is 3.29. The summed E-state index contributed by atoms with van der Waals surface area (Å²) in [5, 5.41) is 6.12. The van der Waals surface area contributed by atoms with Gasteiger partial charge in [0.15, 0.2) is 0 Å². The summed E-state index contributed by atoms with van der Waals surface area (Å²) in [4.78, 5) is 30.7. The highest BCUT2D eigenvalue weighted by molar-refractivity contribution is 7.13. The fraction of sp³-hybridized carbons (Fsp3) is 0.421. The van der Waals surface area contributed by atoms with Gasteiger partial charge in [-0.3, -0.25) is 9.59 Å². The molecule has 1 amide bonds. The van der Waals surface area contributed by atoms with E-state index in [0.29, 0.717) is 13.2 Å². The first kappa shape index (κ1) is 18.5. The van der Waals surface area contributed by atoms with Crippen molar-refractivity contribution in [2.75, 3.05) is 24.6 Å². The molecule has 0 spiro atoms. The van der Waals surface area contributed by atoms with Gasteiger partial charge in [0.1, 0.15) is 5.01 Å². The Morgan fingerprint density at radius 1 is 1.35 bits per heavy atom. The Bertz CT molecular complexity index is 725. The number of aromatic nitrogens is 1. The first-order chi connectivity index (χ1) is 12.7. The number of ether oxygens (including phenoxy) is 1. The van der Waals surface area contributed by atoms with E-state index in [2.05, 4.69) is 10.3 Å². The fourth-order valence-electron chi connectivity index (χ4n) is 3.04. The average Bonchev–Trinajstić information content (AvgIpc) is 3.36. The molecule has 0 bridgehead atoms. The first-order valence-corrected chi connectivity index (χ1v) is 9.77. The van der Waals surface area contributed by atoms with Gasteiger partial charge in [0.25, 0.3) is 0 Å². The molecule has 2 heterocycles. The molecule has 3 rings (SSSR count). The van der Waals surface area contributed by atoms with Crippen LogP contribution >= 0.6 is 11.3 Å². The molecule has 0 aliphatic carbocycles. The number of carbonyl (C=O) groups excluding carboxylic acids is 2. The highest BCUT2D eigenvalue weighted by Gasteiger charge is 2.28. The quantitative estimate of drug-likeness (QED) is 0.756. The van der Waals surface area contributed by atoms with E-state index in [9.17, 15) is 9.59 Å². The molecule has 7 heteroatoms. The first-order valence-electron chi connectivity index (χ1n) is 8.89. The third kappa shape index (κ3) is 4.47. The number of nitrogens with zero attached hydrogens (tertiary/aromatic N) is 2. The third-order valence-corrected chi connectivity index (χ3v) is 5.15. The van der Waals surface area contributed by atoms with Crippen LogP contribution in [0, 0.1) is 0 Å². The Hall–Kier alpha value is -2.25. The Balaban J connectivity index is 1.77. The number of anilines is 1. The number of rotatable bonds is 7. The smallest absolute Gasteiger partial charge is 0.307 e. The molecule has 1 N–H and O–H groups in total. The molecule has 138 valence electrons. The van der Waals surface area contributed by atoms with Crippen LogP contribution in [0.1, 0.15) is 26.2 Å². The molecule has 0 saturated carbocycles. The zero-order chi connectivity index (χ0) is 18.4. The van der Waals surface area contributed by atoms with E-state index in [1.807, 2.05) is 29.6 Å². The topological polar surface area (TPSA) is 71.5 Å². The Labute approximate surface area is 157 Å². The molecule has 6 nitrogen and oxygen atoms in total. The lowest BCUT2D eigenvalue weighted by atomic mass is 10.1. The molecule has 1 aromatic carbocycles. The molecule has 2 aromatic rings. The number of esters is 1. The van der Waals surface area contributed by atoms with Crippen LogP contribution in [0.25, 0.3) is 10.6 Å². The summed E-state index contributed by atoms with van der Waals surface area (Å²) in [5.74, 6) is -0.280. The Morgan fingerprint density at radius 2 is 2.15 bits per heavy atom. The van der Waals surface area contributed by atoms with Crippen molar-refractivity contribution in [2.24, 2.45) is 0 Å². The van der Waals surface area contributed by atoms with E-state index in [1.54, 1.807) is 29.4 Å². The van der Waals surface area contributed by atoms with Gasteiger partial charge in [-0.1, -0.05) is 0 Å². The number of hydrogen-bond acceptors (Lipinski definition) is 6. The van der Waals surface area contributed by atoms with Crippen LogP contribution in [0.2, 0.25) is 0 Å². The van der Waals surface area contributed by atoms with Gasteiger partial charge in [0.2, 0.25) is 5.91 Å². The van der Waals surface area contributed by atoms with E-state index >= 15 is 0 Å². The molecular formula is C19H23N3O3S. The zero-order valence-corrected chi connectivity index (χ0v) is 15.6. The number of thiazole rings is 1. The van der Waals surface area contributed by atoms with E-state index in [1.165, 1.54) is 0 Å². The maximum absolute atomic E-state index is 12.9.